The molecule has 0 aromatic rings. The zero-order chi connectivity index (χ0) is 39.6. The molecule has 0 spiro atoms. The second-order valence-electron chi connectivity index (χ2n) is 17.8. The van der Waals surface area contributed by atoms with Crippen molar-refractivity contribution in [3.8, 4) is 0 Å². The molecular formula is C40H64N2O14. The van der Waals surface area contributed by atoms with Crippen LogP contribution in [0, 0.1) is 55.7 Å². The van der Waals surface area contributed by atoms with E-state index in [0.717, 1.165) is 76.0 Å². The molecule has 16 heteroatoms. The molecule has 2 N–H and O–H groups in total. The summed E-state index contributed by atoms with van der Waals surface area (Å²) in [5.74, 6) is -2.23. The van der Waals surface area contributed by atoms with Crippen LogP contribution in [-0.4, -0.2) is 94.1 Å². The van der Waals surface area contributed by atoms with Crippen LogP contribution in [0.25, 0.3) is 0 Å². The van der Waals surface area contributed by atoms with Gasteiger partial charge in [0.25, 0.3) is 0 Å². The molecule has 6 saturated carbocycles. The molecule has 0 aromatic carbocycles. The summed E-state index contributed by atoms with van der Waals surface area (Å²) in [5.41, 5.74) is 0. The lowest BCUT2D eigenvalue weighted by Gasteiger charge is -2.40. The zero-order valence-corrected chi connectivity index (χ0v) is 32.7. The summed E-state index contributed by atoms with van der Waals surface area (Å²) in [7, 11) is 0. The lowest BCUT2D eigenvalue weighted by Crippen LogP contribution is -2.42. The average molecular weight is 797 g/mol. The molecule has 0 bridgehead atoms. The molecule has 6 atom stereocenters. The first kappa shape index (κ1) is 43.1. The van der Waals surface area contributed by atoms with Crippen LogP contribution < -0.4 is 0 Å². The van der Waals surface area contributed by atoms with Crippen molar-refractivity contribution in [1.29, 1.82) is 0 Å². The number of nitro groups is 2. The fourth-order valence-electron chi connectivity index (χ4n) is 10.9. The van der Waals surface area contributed by atoms with Crippen LogP contribution in [0.15, 0.2) is 0 Å². The zero-order valence-electron chi connectivity index (χ0n) is 32.7. The third kappa shape index (κ3) is 12.0. The smallest absolute Gasteiger partial charge is 0.310 e. The molecule has 0 amide bonds. The number of rotatable bonds is 16. The number of hydrogen-bond acceptors (Lipinski definition) is 13. The predicted octanol–water partition coefficient (Wildman–Crippen LogP) is 6.95. The van der Waals surface area contributed by atoms with Crippen molar-refractivity contribution < 1.29 is 58.7 Å². The minimum atomic E-state index is -1.09. The minimum Gasteiger partial charge on any atom is -0.481 e. The number of carboxylic acids is 1. The molecule has 16 nitrogen and oxygen atoms in total. The Morgan fingerprint density at radius 2 is 1.00 bits per heavy atom. The molecule has 0 radical (unpaired) electrons. The molecule has 0 heterocycles. The number of carboxylic acid groups (broad SMARTS) is 1. The monoisotopic (exact) mass is 796 g/mol. The highest BCUT2D eigenvalue weighted by atomic mass is 17.2. The van der Waals surface area contributed by atoms with E-state index in [4.69, 9.17) is 29.2 Å². The van der Waals surface area contributed by atoms with Gasteiger partial charge in [0.15, 0.2) is 0 Å². The number of carbonyl (C=O) groups excluding carboxylic acids is 1. The Hall–Kier alpha value is -2.50. The number of ether oxygens (including phenoxy) is 3. The third-order valence-electron chi connectivity index (χ3n) is 14.3. The van der Waals surface area contributed by atoms with Crippen LogP contribution >= 0.6 is 0 Å². The summed E-state index contributed by atoms with van der Waals surface area (Å²) in [6, 6.07) is -1.50. The minimum absolute atomic E-state index is 0.0112. The number of nitrogens with zero attached hydrogens (tertiary/aromatic N) is 2. The van der Waals surface area contributed by atoms with E-state index in [1.54, 1.807) is 0 Å². The van der Waals surface area contributed by atoms with Gasteiger partial charge in [-0.1, -0.05) is 0 Å². The van der Waals surface area contributed by atoms with E-state index in [1.165, 1.54) is 25.7 Å². The van der Waals surface area contributed by atoms with Crippen molar-refractivity contribution in [2.75, 3.05) is 13.2 Å². The second kappa shape index (κ2) is 21.0. The SMILES string of the molecule is O=C(O)C1CCC([N+](=O)[O-])CC1C(=O)OC1CCC(OC2CCC(C3CCC(OC4CCC(OOCC5CC([N+](=O)[O-])CCC5COO)CC4)CC3)CC2)CC1. The maximum Gasteiger partial charge on any atom is 0.310 e. The average Bonchev–Trinajstić information content (AvgIpc) is 3.20. The van der Waals surface area contributed by atoms with E-state index in [1.807, 2.05) is 0 Å². The summed E-state index contributed by atoms with van der Waals surface area (Å²) in [6.45, 7) is 0.404. The fourth-order valence-corrected chi connectivity index (χ4v) is 10.9. The molecule has 0 saturated heterocycles. The van der Waals surface area contributed by atoms with Gasteiger partial charge in [-0.15, -0.1) is 0 Å². The molecule has 6 unspecified atom stereocenters. The van der Waals surface area contributed by atoms with Gasteiger partial charge in [-0.2, -0.15) is 0 Å². The van der Waals surface area contributed by atoms with Crippen molar-refractivity contribution in [2.45, 2.75) is 190 Å². The van der Waals surface area contributed by atoms with Gasteiger partial charge >= 0.3 is 11.9 Å². The first-order chi connectivity index (χ1) is 27.1. The topological polar surface area (TPSA) is 216 Å². The van der Waals surface area contributed by atoms with Gasteiger partial charge in [0, 0.05) is 35.5 Å². The van der Waals surface area contributed by atoms with Crippen molar-refractivity contribution in [1.82, 2.24) is 0 Å². The maximum atomic E-state index is 13.0. The highest BCUT2D eigenvalue weighted by molar-refractivity contribution is 5.81. The van der Waals surface area contributed by atoms with Crippen LogP contribution in [0.5, 0.6) is 0 Å². The first-order valence-corrected chi connectivity index (χ1v) is 21.6. The molecular weight excluding hydrogens is 732 g/mol. The van der Waals surface area contributed by atoms with E-state index >= 15 is 0 Å². The number of hydrogen-bond donors (Lipinski definition) is 2. The van der Waals surface area contributed by atoms with Crippen molar-refractivity contribution in [3.05, 3.63) is 20.2 Å². The third-order valence-corrected chi connectivity index (χ3v) is 14.3. The van der Waals surface area contributed by atoms with Gasteiger partial charge in [-0.05, 0) is 139 Å². The van der Waals surface area contributed by atoms with E-state index < -0.39 is 40.8 Å². The summed E-state index contributed by atoms with van der Waals surface area (Å²) < 4.78 is 18.9. The first-order valence-electron chi connectivity index (χ1n) is 21.6. The van der Waals surface area contributed by atoms with Gasteiger partial charge in [0.2, 0.25) is 12.1 Å². The molecule has 6 rings (SSSR count). The molecule has 6 fully saturated rings. The summed E-state index contributed by atoms with van der Waals surface area (Å²) in [6.07, 6.45) is 17.9. The highest BCUT2D eigenvalue weighted by Gasteiger charge is 2.45. The lowest BCUT2D eigenvalue weighted by molar-refractivity contribution is -0.530. The molecule has 318 valence electrons. The second-order valence-corrected chi connectivity index (χ2v) is 17.8. The Kier molecular flexibility index (Phi) is 16.1. The van der Waals surface area contributed by atoms with E-state index in [-0.39, 0.29) is 79.8 Å². The van der Waals surface area contributed by atoms with E-state index in [9.17, 15) is 34.9 Å². The standard InChI is InChI=1S/C40H64N2O14/c43-39(44)37-20-7-30(42(48)49)22-38(37)40(45)55-35-14-12-33(13-15-35)53-31-8-2-25(3-9-31)26-4-10-32(11-5-26)54-34-16-18-36(19-17-34)56-52-24-28-21-29(41(46)47)6-1-27(28)23-51-50/h25-38,50H,1-24H2,(H,43,44). The van der Waals surface area contributed by atoms with E-state index in [2.05, 4.69) is 4.89 Å². The van der Waals surface area contributed by atoms with Crippen LogP contribution in [0.3, 0.4) is 0 Å². The van der Waals surface area contributed by atoms with Gasteiger partial charge < -0.3 is 19.3 Å². The predicted molar refractivity (Wildman–Crippen MR) is 198 cm³/mol. The Labute approximate surface area is 329 Å². The Morgan fingerprint density at radius 1 is 0.536 bits per heavy atom. The summed E-state index contributed by atoms with van der Waals surface area (Å²) >= 11 is 0. The normalized spacial score (nSPS) is 39.7. The van der Waals surface area contributed by atoms with Crippen LogP contribution in [0.1, 0.15) is 141 Å². The van der Waals surface area contributed by atoms with Gasteiger partial charge in [0.05, 0.1) is 55.6 Å². The van der Waals surface area contributed by atoms with Crippen molar-refractivity contribution >= 4 is 11.9 Å². The molecule has 0 aliphatic heterocycles. The molecule has 6 aliphatic rings. The molecule has 0 aromatic heterocycles. The maximum absolute atomic E-state index is 13.0. The van der Waals surface area contributed by atoms with Gasteiger partial charge in [-0.3, -0.25) is 35.1 Å². The number of carbonyl (C=O) groups is 2. The Bertz CT molecular complexity index is 1270. The molecule has 6 aliphatic carbocycles. The molecule has 56 heavy (non-hydrogen) atoms. The summed E-state index contributed by atoms with van der Waals surface area (Å²) in [5, 5.41) is 41.2. The highest BCUT2D eigenvalue weighted by Crippen LogP contribution is 2.42. The fraction of sp³-hybridized carbons (Fsp3) is 0.950. The van der Waals surface area contributed by atoms with Crippen LogP contribution in [0.2, 0.25) is 0 Å². The van der Waals surface area contributed by atoms with Crippen molar-refractivity contribution in [3.63, 3.8) is 0 Å². The Balaban J connectivity index is 0.809. The Morgan fingerprint density at radius 3 is 1.50 bits per heavy atom. The van der Waals surface area contributed by atoms with Crippen LogP contribution in [-0.2, 0) is 38.5 Å². The largest absolute Gasteiger partial charge is 0.481 e. The van der Waals surface area contributed by atoms with Crippen molar-refractivity contribution in [2.24, 2.45) is 35.5 Å². The number of esters is 1. The lowest BCUT2D eigenvalue weighted by atomic mass is 9.72. The van der Waals surface area contributed by atoms with Gasteiger partial charge in [0.1, 0.15) is 6.10 Å². The number of aliphatic carboxylic acids is 1. The quantitative estimate of drug-likeness (QED) is 0.0700. The van der Waals surface area contributed by atoms with E-state index in [0.29, 0.717) is 38.2 Å². The van der Waals surface area contributed by atoms with Gasteiger partial charge in [-0.25, -0.2) is 14.7 Å². The van der Waals surface area contributed by atoms with Crippen LogP contribution in [0.4, 0.5) is 0 Å². The summed E-state index contributed by atoms with van der Waals surface area (Å²) in [4.78, 5) is 62.4.